The van der Waals surface area contributed by atoms with Crippen LogP contribution in [0.3, 0.4) is 0 Å². The molecule has 1 amide bonds. The first kappa shape index (κ1) is 15.1. The highest BCUT2D eigenvalue weighted by Crippen LogP contribution is 2.27. The van der Waals surface area contributed by atoms with Crippen LogP contribution in [0.25, 0.3) is 0 Å². The third-order valence-electron chi connectivity index (χ3n) is 3.71. The van der Waals surface area contributed by atoms with Crippen molar-refractivity contribution in [3.63, 3.8) is 0 Å². The Kier molecular flexibility index (Phi) is 5.24. The molecular formula is C15H19ClFNO2. The fraction of sp³-hybridized carbons (Fsp3) is 0.533. The molecule has 0 radical (unpaired) electrons. The molecule has 0 aromatic heterocycles. The number of hydrogen-bond donors (Lipinski definition) is 0. The molecule has 0 unspecified atom stereocenters. The van der Waals surface area contributed by atoms with E-state index in [9.17, 15) is 9.18 Å². The number of amides is 1. The maximum atomic E-state index is 13.7. The first-order valence-corrected chi connectivity index (χ1v) is 7.41. The molecule has 0 atom stereocenters. The topological polar surface area (TPSA) is 29.5 Å². The molecule has 0 saturated heterocycles. The third-order valence-corrected chi connectivity index (χ3v) is 3.97. The largest absolute Gasteiger partial charge is 0.494 e. The Bertz CT molecular complexity index is 477. The van der Waals surface area contributed by atoms with Gasteiger partial charge in [0.2, 0.25) is 0 Å². The van der Waals surface area contributed by atoms with E-state index in [-0.39, 0.29) is 17.7 Å². The lowest BCUT2D eigenvalue weighted by molar-refractivity contribution is 0.0580. The summed E-state index contributed by atoms with van der Waals surface area (Å²) in [7, 11) is 1.40. The van der Waals surface area contributed by atoms with Crippen molar-refractivity contribution in [2.45, 2.75) is 31.7 Å². The van der Waals surface area contributed by atoms with E-state index in [1.54, 1.807) is 6.07 Å². The van der Waals surface area contributed by atoms with E-state index in [2.05, 4.69) is 0 Å². The lowest BCUT2D eigenvalue weighted by atomic mass is 9.90. The number of carbonyl (C=O) groups is 1. The van der Waals surface area contributed by atoms with Gasteiger partial charge in [0.15, 0.2) is 11.6 Å². The van der Waals surface area contributed by atoms with Crippen molar-refractivity contribution >= 4 is 17.5 Å². The number of hydrogen-bond acceptors (Lipinski definition) is 2. The summed E-state index contributed by atoms with van der Waals surface area (Å²) in [5.41, 5.74) is 0.366. The van der Waals surface area contributed by atoms with Crippen LogP contribution in [-0.2, 0) is 0 Å². The van der Waals surface area contributed by atoms with Crippen molar-refractivity contribution < 1.29 is 13.9 Å². The van der Waals surface area contributed by atoms with E-state index in [1.165, 1.54) is 19.2 Å². The van der Waals surface area contributed by atoms with Gasteiger partial charge in [-0.3, -0.25) is 4.79 Å². The average Bonchev–Trinajstić information content (AvgIpc) is 2.40. The Morgan fingerprint density at radius 1 is 1.50 bits per heavy atom. The molecule has 1 aromatic rings. The molecule has 3 nitrogen and oxygen atoms in total. The number of nitrogens with zero attached hydrogens (tertiary/aromatic N) is 1. The summed E-state index contributed by atoms with van der Waals surface area (Å²) < 4.78 is 18.6. The summed E-state index contributed by atoms with van der Waals surface area (Å²) in [5, 5.41) is 0. The second-order valence-electron chi connectivity index (χ2n) is 4.98. The molecule has 0 N–H and O–H groups in total. The summed E-state index contributed by atoms with van der Waals surface area (Å²) in [4.78, 5) is 14.3. The summed E-state index contributed by atoms with van der Waals surface area (Å²) >= 11 is 5.71. The Labute approximate surface area is 123 Å². The van der Waals surface area contributed by atoms with E-state index in [0.29, 0.717) is 18.0 Å². The molecule has 20 heavy (non-hydrogen) atoms. The highest BCUT2D eigenvalue weighted by Gasteiger charge is 2.29. The van der Waals surface area contributed by atoms with Crippen molar-refractivity contribution in [3.05, 3.63) is 29.6 Å². The molecule has 1 fully saturated rings. The van der Waals surface area contributed by atoms with E-state index in [1.807, 2.05) is 4.90 Å². The summed E-state index contributed by atoms with van der Waals surface area (Å²) in [5.74, 6) is 0.0381. The van der Waals surface area contributed by atoms with Crippen molar-refractivity contribution in [1.29, 1.82) is 0 Å². The van der Waals surface area contributed by atoms with Gasteiger partial charge in [0.1, 0.15) is 0 Å². The second kappa shape index (κ2) is 6.93. The quantitative estimate of drug-likeness (QED) is 0.753. The minimum Gasteiger partial charge on any atom is -0.494 e. The van der Waals surface area contributed by atoms with Crippen LogP contribution in [-0.4, -0.2) is 36.4 Å². The Morgan fingerprint density at radius 3 is 2.75 bits per heavy atom. The van der Waals surface area contributed by atoms with Gasteiger partial charge in [0.05, 0.1) is 7.11 Å². The molecule has 2 rings (SSSR count). The van der Waals surface area contributed by atoms with Gasteiger partial charge in [-0.15, -0.1) is 11.6 Å². The number of benzene rings is 1. The van der Waals surface area contributed by atoms with Crippen LogP contribution in [0, 0.1) is 5.82 Å². The Hall–Kier alpha value is -1.29. The summed E-state index contributed by atoms with van der Waals surface area (Å²) in [6.07, 6.45) is 3.94. The Balaban J connectivity index is 2.15. The predicted octanol–water partition coefficient (Wildman–Crippen LogP) is 3.46. The SMILES string of the molecule is COc1ccc(C(=O)N(CCCCl)C2CCC2)cc1F. The van der Waals surface area contributed by atoms with E-state index in [0.717, 1.165) is 25.7 Å². The smallest absolute Gasteiger partial charge is 0.254 e. The number of carbonyl (C=O) groups excluding carboxylic acids is 1. The average molecular weight is 300 g/mol. The summed E-state index contributed by atoms with van der Waals surface area (Å²) in [6, 6.07) is 4.61. The van der Waals surface area contributed by atoms with Gasteiger partial charge in [0, 0.05) is 24.0 Å². The molecule has 1 saturated carbocycles. The minimum atomic E-state index is -0.510. The van der Waals surface area contributed by atoms with Crippen LogP contribution in [0.2, 0.25) is 0 Å². The van der Waals surface area contributed by atoms with Crippen LogP contribution in [0.1, 0.15) is 36.0 Å². The fourth-order valence-corrected chi connectivity index (χ4v) is 2.46. The molecule has 0 aliphatic heterocycles. The van der Waals surface area contributed by atoms with Gasteiger partial charge in [-0.05, 0) is 43.9 Å². The lowest BCUT2D eigenvalue weighted by Crippen LogP contribution is -2.44. The number of rotatable bonds is 6. The number of alkyl halides is 1. The van der Waals surface area contributed by atoms with Crippen molar-refractivity contribution in [2.75, 3.05) is 19.5 Å². The van der Waals surface area contributed by atoms with Gasteiger partial charge in [-0.2, -0.15) is 0 Å². The first-order valence-electron chi connectivity index (χ1n) is 6.88. The monoisotopic (exact) mass is 299 g/mol. The van der Waals surface area contributed by atoms with Crippen LogP contribution in [0.4, 0.5) is 4.39 Å². The van der Waals surface area contributed by atoms with Crippen molar-refractivity contribution in [3.8, 4) is 5.75 Å². The van der Waals surface area contributed by atoms with Crippen LogP contribution in [0.5, 0.6) is 5.75 Å². The maximum absolute atomic E-state index is 13.7. The zero-order chi connectivity index (χ0) is 14.5. The number of methoxy groups -OCH3 is 1. The molecular weight excluding hydrogens is 281 g/mol. The zero-order valence-electron chi connectivity index (χ0n) is 11.6. The minimum absolute atomic E-state index is 0.124. The van der Waals surface area contributed by atoms with Gasteiger partial charge in [-0.25, -0.2) is 4.39 Å². The first-order chi connectivity index (χ1) is 9.67. The molecule has 0 bridgehead atoms. The van der Waals surface area contributed by atoms with Crippen molar-refractivity contribution in [1.82, 2.24) is 4.90 Å². The molecule has 5 heteroatoms. The van der Waals surface area contributed by atoms with Crippen LogP contribution < -0.4 is 4.74 Å². The van der Waals surface area contributed by atoms with Crippen molar-refractivity contribution in [2.24, 2.45) is 0 Å². The molecule has 110 valence electrons. The van der Waals surface area contributed by atoms with Crippen LogP contribution >= 0.6 is 11.6 Å². The van der Waals surface area contributed by atoms with E-state index >= 15 is 0 Å². The molecule has 1 aromatic carbocycles. The standard InChI is InChI=1S/C15H19ClFNO2/c1-20-14-7-6-11(10-13(14)17)15(19)18(9-3-8-16)12-4-2-5-12/h6-7,10,12H,2-5,8-9H2,1H3. The predicted molar refractivity (Wildman–Crippen MR) is 77.0 cm³/mol. The fourth-order valence-electron chi connectivity index (χ4n) is 2.34. The number of ether oxygens (including phenoxy) is 1. The van der Waals surface area contributed by atoms with E-state index < -0.39 is 5.82 Å². The highest BCUT2D eigenvalue weighted by molar-refractivity contribution is 6.17. The Morgan fingerprint density at radius 2 is 2.25 bits per heavy atom. The molecule has 0 spiro atoms. The highest BCUT2D eigenvalue weighted by atomic mass is 35.5. The van der Waals surface area contributed by atoms with Gasteiger partial charge in [-0.1, -0.05) is 0 Å². The number of halogens is 2. The molecule has 1 aliphatic rings. The van der Waals surface area contributed by atoms with Gasteiger partial charge >= 0.3 is 0 Å². The zero-order valence-corrected chi connectivity index (χ0v) is 12.3. The summed E-state index contributed by atoms with van der Waals surface area (Å²) in [6.45, 7) is 0.626. The lowest BCUT2D eigenvalue weighted by Gasteiger charge is -2.37. The normalized spacial score (nSPS) is 14.8. The van der Waals surface area contributed by atoms with E-state index in [4.69, 9.17) is 16.3 Å². The van der Waals surface area contributed by atoms with Gasteiger partial charge < -0.3 is 9.64 Å². The molecule has 0 heterocycles. The third kappa shape index (κ3) is 3.23. The maximum Gasteiger partial charge on any atom is 0.254 e. The second-order valence-corrected chi connectivity index (χ2v) is 5.35. The van der Waals surface area contributed by atoms with Crippen LogP contribution in [0.15, 0.2) is 18.2 Å². The molecule has 1 aliphatic carbocycles. The van der Waals surface area contributed by atoms with Gasteiger partial charge in [0.25, 0.3) is 5.91 Å².